The molecule has 1 aromatic heterocycles. The summed E-state index contributed by atoms with van der Waals surface area (Å²) in [5.74, 6) is -0.718. The first-order valence-electron chi connectivity index (χ1n) is 10.2. The third kappa shape index (κ3) is 11.6. The Morgan fingerprint density at radius 1 is 1.12 bits per heavy atom. The van der Waals surface area contributed by atoms with Crippen LogP contribution in [0.4, 0.5) is 23.8 Å². The van der Waals surface area contributed by atoms with Gasteiger partial charge in [0.05, 0.1) is 17.9 Å². The summed E-state index contributed by atoms with van der Waals surface area (Å²) in [5, 5.41) is 8.00. The maximum atomic E-state index is 12.9. The highest BCUT2D eigenvalue weighted by Gasteiger charge is 2.35. The number of nitrogens with zero attached hydrogens (tertiary/aromatic N) is 2. The van der Waals surface area contributed by atoms with Crippen LogP contribution in [-0.2, 0) is 10.9 Å². The molecule has 0 aliphatic rings. The Morgan fingerprint density at radius 2 is 1.61 bits per heavy atom. The van der Waals surface area contributed by atoms with Crippen molar-refractivity contribution < 1.29 is 27.5 Å². The Balaban J connectivity index is 0. The van der Waals surface area contributed by atoms with Crippen LogP contribution in [0.3, 0.4) is 0 Å². The first kappa shape index (κ1) is 31.6. The number of esters is 1. The minimum atomic E-state index is -4.67. The number of hydrogen-bond acceptors (Lipinski definition) is 4. The van der Waals surface area contributed by atoms with Crippen molar-refractivity contribution in [1.29, 1.82) is 0 Å². The van der Waals surface area contributed by atoms with E-state index in [0.29, 0.717) is 6.07 Å². The van der Waals surface area contributed by atoms with Crippen LogP contribution in [0.15, 0.2) is 55.6 Å². The van der Waals surface area contributed by atoms with Gasteiger partial charge in [-0.1, -0.05) is 26.0 Å². The molecular formula is C23H33F3N4O3. The lowest BCUT2D eigenvalue weighted by molar-refractivity contribution is -0.141. The van der Waals surface area contributed by atoms with Gasteiger partial charge in [-0.3, -0.25) is 5.32 Å². The second kappa shape index (κ2) is 17.0. The van der Waals surface area contributed by atoms with Gasteiger partial charge in [0.1, 0.15) is 5.82 Å². The van der Waals surface area contributed by atoms with Crippen molar-refractivity contribution in [2.45, 2.75) is 40.8 Å². The summed E-state index contributed by atoms with van der Waals surface area (Å²) in [4.78, 5) is 23.1. The van der Waals surface area contributed by atoms with Crippen LogP contribution in [-0.4, -0.2) is 35.4 Å². The summed E-state index contributed by atoms with van der Waals surface area (Å²) < 4.78 is 44.5. The van der Waals surface area contributed by atoms with Crippen molar-refractivity contribution in [3.05, 3.63) is 66.9 Å². The Labute approximate surface area is 193 Å². The maximum absolute atomic E-state index is 12.9. The molecule has 10 heteroatoms. The van der Waals surface area contributed by atoms with E-state index in [2.05, 4.69) is 28.9 Å². The number of carbonyl (C=O) groups is 2. The molecule has 0 fully saturated rings. The largest absolute Gasteiger partial charge is 0.462 e. The van der Waals surface area contributed by atoms with Crippen molar-refractivity contribution in [3.8, 4) is 5.69 Å². The Kier molecular flexibility index (Phi) is 16.3. The van der Waals surface area contributed by atoms with E-state index in [1.165, 1.54) is 31.3 Å². The smallest absolute Gasteiger partial charge is 0.435 e. The van der Waals surface area contributed by atoms with Gasteiger partial charge in [0.2, 0.25) is 0 Å². The van der Waals surface area contributed by atoms with E-state index in [-0.39, 0.29) is 23.7 Å². The number of halogens is 3. The minimum absolute atomic E-state index is 0.171. The number of alkyl halides is 3. The van der Waals surface area contributed by atoms with Crippen LogP contribution in [0.2, 0.25) is 0 Å². The number of anilines is 1. The highest BCUT2D eigenvalue weighted by molar-refractivity contribution is 5.90. The second-order valence-electron chi connectivity index (χ2n) is 5.61. The van der Waals surface area contributed by atoms with E-state index in [9.17, 15) is 22.8 Å². The van der Waals surface area contributed by atoms with Crippen molar-refractivity contribution in [2.24, 2.45) is 0 Å². The van der Waals surface area contributed by atoms with Crippen LogP contribution < -0.4 is 10.6 Å². The fraction of sp³-hybridized carbons (Fsp3) is 0.348. The molecule has 1 heterocycles. The molecule has 184 valence electrons. The molecular weight excluding hydrogens is 437 g/mol. The lowest BCUT2D eigenvalue weighted by Gasteiger charge is -2.09. The average molecular weight is 471 g/mol. The first-order valence-corrected chi connectivity index (χ1v) is 10.2. The van der Waals surface area contributed by atoms with Gasteiger partial charge in [-0.15, -0.1) is 13.2 Å². The van der Waals surface area contributed by atoms with Gasteiger partial charge in [-0.2, -0.15) is 18.3 Å². The molecule has 33 heavy (non-hydrogen) atoms. The molecule has 0 radical (unpaired) electrons. The fourth-order valence-corrected chi connectivity index (χ4v) is 1.94. The highest BCUT2D eigenvalue weighted by Crippen LogP contribution is 2.31. The van der Waals surface area contributed by atoms with Crippen LogP contribution in [0.25, 0.3) is 5.69 Å². The normalized spacial score (nSPS) is 9.36. The number of benzene rings is 1. The number of ether oxygens (including phenoxy) is 1. The molecule has 2 rings (SSSR count). The molecule has 2 amide bonds. The molecule has 0 atom stereocenters. The van der Waals surface area contributed by atoms with Gasteiger partial charge in [0, 0.05) is 13.1 Å². The second-order valence-corrected chi connectivity index (χ2v) is 5.61. The zero-order chi connectivity index (χ0) is 26.0. The summed E-state index contributed by atoms with van der Waals surface area (Å²) in [5.41, 5.74) is -0.682. The maximum Gasteiger partial charge on any atom is 0.435 e. The summed E-state index contributed by atoms with van der Waals surface area (Å²) >= 11 is 0. The SMILES string of the molecule is C=CC.C=CC.CC.CCOC(=O)c1ccc(-n2nc(C(F)(F)F)cc2NC(=O)NC)cc1. The number of hydrogen-bond donors (Lipinski definition) is 2. The number of urea groups is 1. The van der Waals surface area contributed by atoms with Gasteiger partial charge >= 0.3 is 18.2 Å². The Morgan fingerprint density at radius 3 is 2.00 bits per heavy atom. The lowest BCUT2D eigenvalue weighted by atomic mass is 10.2. The van der Waals surface area contributed by atoms with E-state index in [0.717, 1.165) is 4.68 Å². The van der Waals surface area contributed by atoms with Crippen molar-refractivity contribution >= 4 is 17.8 Å². The van der Waals surface area contributed by atoms with Gasteiger partial charge in [0.15, 0.2) is 5.69 Å². The molecule has 0 spiro atoms. The summed E-state index contributed by atoms with van der Waals surface area (Å²) in [7, 11) is 1.33. The predicted molar refractivity (Wildman–Crippen MR) is 126 cm³/mol. The summed E-state index contributed by atoms with van der Waals surface area (Å²) in [6, 6.07) is 5.60. The highest BCUT2D eigenvalue weighted by atomic mass is 19.4. The zero-order valence-corrected chi connectivity index (χ0v) is 19.9. The zero-order valence-electron chi connectivity index (χ0n) is 19.9. The molecule has 0 saturated heterocycles. The standard InChI is InChI=1S/C15H15F3N4O3.2C3H6.C2H6/c1-3-25-13(23)9-4-6-10(7-5-9)22-12(20-14(24)19-2)8-11(21-22)15(16,17)18;2*1-3-2;1-2/h4-8H,3H2,1-2H3,(H2,19,20,24);2*3H,1H2,2H3;1-2H3. The lowest BCUT2D eigenvalue weighted by Crippen LogP contribution is -2.25. The van der Waals surface area contributed by atoms with E-state index >= 15 is 0 Å². The Bertz CT molecular complexity index is 855. The number of aromatic nitrogens is 2. The topological polar surface area (TPSA) is 85.2 Å². The quantitative estimate of drug-likeness (QED) is 0.410. The fourth-order valence-electron chi connectivity index (χ4n) is 1.94. The monoisotopic (exact) mass is 470 g/mol. The molecule has 0 aliphatic heterocycles. The summed E-state index contributed by atoms with van der Waals surface area (Å²) in [6.45, 7) is 16.4. The molecule has 0 bridgehead atoms. The molecule has 2 aromatic rings. The van der Waals surface area contributed by atoms with E-state index in [1.54, 1.807) is 19.1 Å². The number of amides is 2. The number of rotatable bonds is 4. The molecule has 7 nitrogen and oxygen atoms in total. The number of carbonyl (C=O) groups excluding carboxylic acids is 2. The third-order valence-electron chi connectivity index (χ3n) is 3.09. The van der Waals surface area contributed by atoms with E-state index in [1.807, 2.05) is 27.7 Å². The molecule has 0 unspecified atom stereocenters. The van der Waals surface area contributed by atoms with Gasteiger partial charge in [0.25, 0.3) is 0 Å². The van der Waals surface area contributed by atoms with Crippen LogP contribution in [0, 0.1) is 0 Å². The third-order valence-corrected chi connectivity index (χ3v) is 3.09. The Hall–Kier alpha value is -3.56. The number of allylic oxidation sites excluding steroid dienone is 2. The van der Waals surface area contributed by atoms with Crippen molar-refractivity contribution in [1.82, 2.24) is 15.1 Å². The van der Waals surface area contributed by atoms with Gasteiger partial charge < -0.3 is 10.1 Å². The van der Waals surface area contributed by atoms with Gasteiger partial charge in [-0.25, -0.2) is 14.3 Å². The molecule has 0 saturated carbocycles. The van der Waals surface area contributed by atoms with Crippen LogP contribution in [0.5, 0.6) is 0 Å². The van der Waals surface area contributed by atoms with E-state index < -0.39 is 23.9 Å². The van der Waals surface area contributed by atoms with Gasteiger partial charge in [-0.05, 0) is 45.0 Å². The van der Waals surface area contributed by atoms with Crippen LogP contribution >= 0.6 is 0 Å². The first-order chi connectivity index (χ1) is 15.6. The molecule has 1 aromatic carbocycles. The van der Waals surface area contributed by atoms with Crippen LogP contribution in [0.1, 0.15) is 50.7 Å². The summed E-state index contributed by atoms with van der Waals surface area (Å²) in [6.07, 6.45) is -1.17. The molecule has 0 aliphatic carbocycles. The van der Waals surface area contributed by atoms with Crippen molar-refractivity contribution in [3.63, 3.8) is 0 Å². The van der Waals surface area contributed by atoms with Crippen molar-refractivity contribution in [2.75, 3.05) is 19.0 Å². The predicted octanol–water partition coefficient (Wildman–Crippen LogP) is 6.23. The molecule has 2 N–H and O–H groups in total. The minimum Gasteiger partial charge on any atom is -0.462 e. The van der Waals surface area contributed by atoms with E-state index in [4.69, 9.17) is 4.74 Å². The average Bonchev–Trinajstić information content (AvgIpc) is 3.21. The number of nitrogens with one attached hydrogen (secondary N) is 2.